The van der Waals surface area contributed by atoms with Gasteiger partial charge in [0.25, 0.3) is 0 Å². The van der Waals surface area contributed by atoms with Gasteiger partial charge in [-0.15, -0.1) is 0 Å². The van der Waals surface area contributed by atoms with Crippen LogP contribution in [0.25, 0.3) is 16.9 Å². The van der Waals surface area contributed by atoms with Crippen LogP contribution in [0.15, 0.2) is 34.9 Å². The van der Waals surface area contributed by atoms with Gasteiger partial charge in [0.1, 0.15) is 0 Å². The third kappa shape index (κ3) is 2.50. The minimum Gasteiger partial charge on any atom is -0.477 e. The van der Waals surface area contributed by atoms with Crippen LogP contribution in [0.5, 0.6) is 0 Å². The molecular formula is C13H6BrCl2N3O2. The first-order chi connectivity index (χ1) is 9.97. The third-order valence-corrected chi connectivity index (χ3v) is 4.16. The molecule has 0 saturated carbocycles. The van der Waals surface area contributed by atoms with Crippen molar-refractivity contribution in [3.05, 3.63) is 50.7 Å². The molecule has 0 aliphatic carbocycles. The Kier molecular flexibility index (Phi) is 3.61. The molecule has 0 saturated heterocycles. The van der Waals surface area contributed by atoms with Crippen molar-refractivity contribution < 1.29 is 9.90 Å². The highest BCUT2D eigenvalue weighted by Gasteiger charge is 2.16. The Bertz CT molecular complexity index is 879. The van der Waals surface area contributed by atoms with Crippen LogP contribution in [0.3, 0.4) is 0 Å². The number of nitrogens with zero attached hydrogens (tertiary/aromatic N) is 3. The van der Waals surface area contributed by atoms with Gasteiger partial charge in [0.05, 0.1) is 26.4 Å². The second-order valence-corrected chi connectivity index (χ2v) is 5.86. The SMILES string of the molecule is O=C(O)c1cc(-c2ccc(Cl)c(Cl)c2)nc2c(Br)cnn12. The summed E-state index contributed by atoms with van der Waals surface area (Å²) in [5, 5.41) is 14.1. The standard InChI is InChI=1S/C13H6BrCl2N3O2/c14-7-5-17-19-11(13(20)21)4-10(18-12(7)19)6-1-2-8(15)9(16)3-6/h1-5H,(H,20,21). The smallest absolute Gasteiger partial charge is 0.354 e. The van der Waals surface area contributed by atoms with E-state index in [1.165, 1.54) is 16.8 Å². The van der Waals surface area contributed by atoms with E-state index in [1.54, 1.807) is 18.2 Å². The summed E-state index contributed by atoms with van der Waals surface area (Å²) in [4.78, 5) is 15.8. The van der Waals surface area contributed by atoms with Gasteiger partial charge >= 0.3 is 5.97 Å². The molecule has 3 aromatic rings. The molecule has 2 heterocycles. The Hall–Kier alpha value is -1.63. The number of carboxylic acids is 1. The first kappa shape index (κ1) is 14.3. The molecule has 0 bridgehead atoms. The van der Waals surface area contributed by atoms with E-state index in [9.17, 15) is 9.90 Å². The maximum absolute atomic E-state index is 11.4. The average Bonchev–Trinajstić information content (AvgIpc) is 2.82. The van der Waals surface area contributed by atoms with Gasteiger partial charge in [0.15, 0.2) is 11.3 Å². The zero-order valence-corrected chi connectivity index (χ0v) is 13.3. The van der Waals surface area contributed by atoms with E-state index in [-0.39, 0.29) is 5.69 Å². The van der Waals surface area contributed by atoms with E-state index in [2.05, 4.69) is 26.0 Å². The van der Waals surface area contributed by atoms with Gasteiger partial charge in [0.2, 0.25) is 0 Å². The zero-order chi connectivity index (χ0) is 15.1. The number of benzene rings is 1. The van der Waals surface area contributed by atoms with Crippen LogP contribution in [0.1, 0.15) is 10.5 Å². The lowest BCUT2D eigenvalue weighted by atomic mass is 10.1. The molecule has 0 spiro atoms. The second kappa shape index (κ2) is 5.29. The van der Waals surface area contributed by atoms with Crippen LogP contribution in [-0.2, 0) is 0 Å². The van der Waals surface area contributed by atoms with Crippen molar-refractivity contribution in [3.63, 3.8) is 0 Å². The van der Waals surface area contributed by atoms with E-state index in [4.69, 9.17) is 23.2 Å². The molecule has 21 heavy (non-hydrogen) atoms. The van der Waals surface area contributed by atoms with Gasteiger partial charge in [0, 0.05) is 5.56 Å². The number of rotatable bonds is 2. The van der Waals surface area contributed by atoms with Crippen LogP contribution < -0.4 is 0 Å². The second-order valence-electron chi connectivity index (χ2n) is 4.19. The summed E-state index contributed by atoms with van der Waals surface area (Å²) in [5.74, 6) is -1.10. The fourth-order valence-electron chi connectivity index (χ4n) is 1.89. The van der Waals surface area contributed by atoms with Gasteiger partial charge < -0.3 is 5.11 Å². The monoisotopic (exact) mass is 385 g/mol. The van der Waals surface area contributed by atoms with E-state index in [0.29, 0.717) is 31.4 Å². The quantitative estimate of drug-likeness (QED) is 0.717. The molecule has 2 aromatic heterocycles. The molecule has 0 fully saturated rings. The van der Waals surface area contributed by atoms with Crippen LogP contribution in [0.2, 0.25) is 10.0 Å². The molecule has 106 valence electrons. The lowest BCUT2D eigenvalue weighted by Gasteiger charge is -2.06. The lowest BCUT2D eigenvalue weighted by Crippen LogP contribution is -2.08. The molecule has 1 N–H and O–H groups in total. The summed E-state index contributed by atoms with van der Waals surface area (Å²) < 4.78 is 1.86. The molecule has 5 nitrogen and oxygen atoms in total. The summed E-state index contributed by atoms with van der Waals surface area (Å²) in [6.45, 7) is 0. The highest BCUT2D eigenvalue weighted by molar-refractivity contribution is 9.10. The largest absolute Gasteiger partial charge is 0.477 e. The van der Waals surface area contributed by atoms with Gasteiger partial charge in [-0.25, -0.2) is 14.3 Å². The van der Waals surface area contributed by atoms with Crippen molar-refractivity contribution in [2.24, 2.45) is 0 Å². The van der Waals surface area contributed by atoms with Crippen LogP contribution >= 0.6 is 39.1 Å². The van der Waals surface area contributed by atoms with Crippen LogP contribution in [0, 0.1) is 0 Å². The molecule has 0 atom stereocenters. The predicted octanol–water partition coefficient (Wildman–Crippen LogP) is 4.16. The summed E-state index contributed by atoms with van der Waals surface area (Å²) in [5.41, 5.74) is 1.56. The van der Waals surface area contributed by atoms with Crippen LogP contribution in [0.4, 0.5) is 0 Å². The third-order valence-electron chi connectivity index (χ3n) is 2.86. The fourth-order valence-corrected chi connectivity index (χ4v) is 2.54. The Morgan fingerprint density at radius 2 is 2.00 bits per heavy atom. The van der Waals surface area contributed by atoms with Gasteiger partial charge in [-0.3, -0.25) is 0 Å². The summed E-state index contributed by atoms with van der Waals surface area (Å²) in [6.07, 6.45) is 1.49. The zero-order valence-electron chi connectivity index (χ0n) is 10.2. The van der Waals surface area contributed by atoms with Crippen molar-refractivity contribution in [1.82, 2.24) is 14.6 Å². The molecule has 8 heteroatoms. The number of aromatic carboxylic acids is 1. The summed E-state index contributed by atoms with van der Waals surface area (Å²) in [7, 11) is 0. The number of aromatic nitrogens is 3. The number of hydrogen-bond donors (Lipinski definition) is 1. The molecule has 0 aliphatic rings. The lowest BCUT2D eigenvalue weighted by molar-refractivity contribution is 0.0687. The summed E-state index contributed by atoms with van der Waals surface area (Å²) in [6, 6.07) is 6.44. The van der Waals surface area contributed by atoms with Gasteiger partial charge in [-0.05, 0) is 34.1 Å². The Labute approximate surface area is 137 Å². The van der Waals surface area contributed by atoms with E-state index < -0.39 is 5.97 Å². The highest BCUT2D eigenvalue weighted by Crippen LogP contribution is 2.29. The number of carbonyl (C=O) groups is 1. The van der Waals surface area contributed by atoms with E-state index in [0.717, 1.165) is 0 Å². The summed E-state index contributed by atoms with van der Waals surface area (Å²) >= 11 is 15.2. The molecular weight excluding hydrogens is 381 g/mol. The molecule has 0 radical (unpaired) electrons. The first-order valence-electron chi connectivity index (χ1n) is 5.70. The first-order valence-corrected chi connectivity index (χ1v) is 7.25. The van der Waals surface area contributed by atoms with Crippen molar-refractivity contribution in [3.8, 4) is 11.3 Å². The van der Waals surface area contributed by atoms with Crippen molar-refractivity contribution in [1.29, 1.82) is 0 Å². The number of fused-ring (bicyclic) bond motifs is 1. The molecule has 1 aromatic carbocycles. The van der Waals surface area contributed by atoms with Gasteiger partial charge in [-0.2, -0.15) is 5.10 Å². The molecule has 0 aliphatic heterocycles. The van der Waals surface area contributed by atoms with Crippen molar-refractivity contribution in [2.45, 2.75) is 0 Å². The maximum Gasteiger partial charge on any atom is 0.354 e. The fraction of sp³-hybridized carbons (Fsp3) is 0. The normalized spacial score (nSPS) is 11.0. The molecule has 0 amide bonds. The predicted molar refractivity (Wildman–Crippen MR) is 83.1 cm³/mol. The van der Waals surface area contributed by atoms with E-state index in [1.807, 2.05) is 0 Å². The van der Waals surface area contributed by atoms with Crippen molar-refractivity contribution >= 4 is 50.7 Å². The number of halogens is 3. The number of carboxylic acid groups (broad SMARTS) is 1. The Balaban J connectivity index is 2.29. The maximum atomic E-state index is 11.4. The van der Waals surface area contributed by atoms with E-state index >= 15 is 0 Å². The van der Waals surface area contributed by atoms with Crippen LogP contribution in [-0.4, -0.2) is 25.7 Å². The Morgan fingerprint density at radius 3 is 2.67 bits per heavy atom. The number of hydrogen-bond acceptors (Lipinski definition) is 3. The topological polar surface area (TPSA) is 67.5 Å². The minimum absolute atomic E-state index is 0.00627. The minimum atomic E-state index is -1.10. The average molecular weight is 387 g/mol. The highest BCUT2D eigenvalue weighted by atomic mass is 79.9. The van der Waals surface area contributed by atoms with Gasteiger partial charge in [-0.1, -0.05) is 29.3 Å². The molecule has 3 rings (SSSR count). The van der Waals surface area contributed by atoms with Crippen molar-refractivity contribution in [2.75, 3.05) is 0 Å². The Morgan fingerprint density at radius 1 is 1.24 bits per heavy atom. The molecule has 0 unspecified atom stereocenters.